The van der Waals surface area contributed by atoms with Crippen molar-refractivity contribution in [3.63, 3.8) is 0 Å². The molecule has 1 amide bonds. The predicted octanol–water partition coefficient (Wildman–Crippen LogP) is 4.26. The van der Waals surface area contributed by atoms with Gasteiger partial charge in [0.2, 0.25) is 5.91 Å². The Morgan fingerprint density at radius 3 is 2.94 bits per heavy atom. The summed E-state index contributed by atoms with van der Waals surface area (Å²) in [4.78, 5) is 20.7. The number of halogens is 3. The molecular formula is C22H19ClF2N6O2. The van der Waals surface area contributed by atoms with Gasteiger partial charge in [-0.3, -0.25) is 14.9 Å². The molecule has 2 aliphatic rings. The number of carbonyl (C=O) groups excluding carboxylic acids is 1. The second kappa shape index (κ2) is 7.74. The van der Waals surface area contributed by atoms with Crippen LogP contribution in [-0.4, -0.2) is 49.9 Å². The number of fused-ring (bicyclic) bond motifs is 2. The first kappa shape index (κ1) is 20.5. The minimum absolute atomic E-state index is 0.0345. The standard InChI is InChI=1S/C22H19ClF2N6O2/c23-19-18(12-5-27-30-21(12)17(20(19)25)10-2-1-3-33-9-10)14-7-31-8-15(28-16(31)6-26-14)29-22(32)11-4-13(11)24/h5-8,10-11,13H,1-4,9H2,(H,27,30)(H,29,32)/t10?,11-,13+/m1/s1. The van der Waals surface area contributed by atoms with Crippen molar-refractivity contribution in [3.05, 3.63) is 41.2 Å². The topological polar surface area (TPSA) is 97.2 Å². The minimum Gasteiger partial charge on any atom is -0.381 e. The van der Waals surface area contributed by atoms with Crippen LogP contribution in [0.25, 0.3) is 27.8 Å². The van der Waals surface area contributed by atoms with Crippen LogP contribution >= 0.6 is 11.6 Å². The largest absolute Gasteiger partial charge is 0.381 e. The molecule has 1 aliphatic carbocycles. The summed E-state index contributed by atoms with van der Waals surface area (Å²) < 4.78 is 35.9. The predicted molar refractivity (Wildman–Crippen MR) is 117 cm³/mol. The highest BCUT2D eigenvalue weighted by Gasteiger charge is 2.43. The third kappa shape index (κ3) is 3.44. The molecule has 2 fully saturated rings. The SMILES string of the molecule is O=C(Nc1cn2cc(-c3c(Cl)c(F)c(C4CCCOC4)c4[nH]ncc34)ncc2n1)[C@@H]1C[C@@H]1F. The van der Waals surface area contributed by atoms with Crippen LogP contribution in [0.3, 0.4) is 0 Å². The zero-order chi connectivity index (χ0) is 22.7. The van der Waals surface area contributed by atoms with Gasteiger partial charge in [-0.2, -0.15) is 5.10 Å². The third-order valence-electron chi connectivity index (χ3n) is 6.29. The molecular weight excluding hydrogens is 454 g/mol. The number of aromatic nitrogens is 5. The zero-order valence-electron chi connectivity index (χ0n) is 17.3. The molecule has 4 aromatic rings. The Labute approximate surface area is 191 Å². The Kier molecular flexibility index (Phi) is 4.81. The van der Waals surface area contributed by atoms with Gasteiger partial charge in [0.25, 0.3) is 0 Å². The van der Waals surface area contributed by atoms with Crippen LogP contribution in [0.15, 0.2) is 24.8 Å². The van der Waals surface area contributed by atoms with E-state index in [0.717, 1.165) is 12.8 Å². The number of H-pyrrole nitrogens is 1. The summed E-state index contributed by atoms with van der Waals surface area (Å²) in [5.74, 6) is -1.35. The summed E-state index contributed by atoms with van der Waals surface area (Å²) in [5, 5.41) is 10.3. The van der Waals surface area contributed by atoms with E-state index in [-0.39, 0.29) is 23.2 Å². The van der Waals surface area contributed by atoms with E-state index >= 15 is 4.39 Å². The van der Waals surface area contributed by atoms with Gasteiger partial charge < -0.3 is 14.5 Å². The van der Waals surface area contributed by atoms with Crippen molar-refractivity contribution < 1.29 is 18.3 Å². The zero-order valence-corrected chi connectivity index (χ0v) is 18.1. The second-order valence-corrected chi connectivity index (χ2v) is 8.88. The molecule has 3 atom stereocenters. The van der Waals surface area contributed by atoms with E-state index in [1.807, 2.05) is 0 Å². The monoisotopic (exact) mass is 472 g/mol. The maximum atomic E-state index is 15.6. The van der Waals surface area contributed by atoms with Gasteiger partial charge in [0, 0.05) is 35.2 Å². The highest BCUT2D eigenvalue weighted by Crippen LogP contribution is 2.42. The van der Waals surface area contributed by atoms with Gasteiger partial charge in [-0.15, -0.1) is 0 Å². The minimum atomic E-state index is -1.09. The van der Waals surface area contributed by atoms with Crippen molar-refractivity contribution in [2.24, 2.45) is 5.92 Å². The Hall–Kier alpha value is -3.11. The van der Waals surface area contributed by atoms with Crippen LogP contribution in [0, 0.1) is 11.7 Å². The molecule has 33 heavy (non-hydrogen) atoms. The molecule has 4 heterocycles. The molecule has 1 saturated heterocycles. The molecule has 1 aliphatic heterocycles. The third-order valence-corrected chi connectivity index (χ3v) is 6.65. The van der Waals surface area contributed by atoms with E-state index in [4.69, 9.17) is 16.3 Å². The number of amides is 1. The molecule has 1 aromatic carbocycles. The van der Waals surface area contributed by atoms with Crippen LogP contribution < -0.4 is 5.32 Å². The van der Waals surface area contributed by atoms with Gasteiger partial charge in [0.05, 0.1) is 47.3 Å². The number of benzene rings is 1. The number of aromatic amines is 1. The van der Waals surface area contributed by atoms with Gasteiger partial charge >= 0.3 is 0 Å². The Bertz CT molecular complexity index is 1400. The number of nitrogens with one attached hydrogen (secondary N) is 2. The Morgan fingerprint density at radius 1 is 1.33 bits per heavy atom. The first-order valence-corrected chi connectivity index (χ1v) is 11.1. The molecule has 8 nitrogen and oxygen atoms in total. The smallest absolute Gasteiger partial charge is 0.231 e. The first-order chi connectivity index (χ1) is 16.0. The van der Waals surface area contributed by atoms with E-state index in [0.29, 0.717) is 46.6 Å². The number of nitrogens with zero attached hydrogens (tertiary/aromatic N) is 4. The molecule has 2 N–H and O–H groups in total. The average molecular weight is 473 g/mol. The summed E-state index contributed by atoms with van der Waals surface area (Å²) in [7, 11) is 0. The highest BCUT2D eigenvalue weighted by molar-refractivity contribution is 6.35. The van der Waals surface area contributed by atoms with Crippen molar-refractivity contribution in [2.45, 2.75) is 31.4 Å². The lowest BCUT2D eigenvalue weighted by atomic mass is 9.89. The summed E-state index contributed by atoms with van der Waals surface area (Å²) in [6.07, 6.45) is 7.16. The maximum absolute atomic E-state index is 15.6. The van der Waals surface area contributed by atoms with Gasteiger partial charge in [-0.1, -0.05) is 11.6 Å². The molecule has 170 valence electrons. The van der Waals surface area contributed by atoms with Crippen LogP contribution in [0.5, 0.6) is 0 Å². The number of rotatable bonds is 4. The van der Waals surface area contributed by atoms with Crippen molar-refractivity contribution in [2.75, 3.05) is 18.5 Å². The van der Waals surface area contributed by atoms with Gasteiger partial charge in [-0.25, -0.2) is 13.8 Å². The van der Waals surface area contributed by atoms with E-state index in [1.54, 1.807) is 23.0 Å². The van der Waals surface area contributed by atoms with Crippen LogP contribution in [0.1, 0.15) is 30.7 Å². The van der Waals surface area contributed by atoms with Crippen LogP contribution in [0.2, 0.25) is 5.02 Å². The molecule has 3 aromatic heterocycles. The van der Waals surface area contributed by atoms with E-state index < -0.39 is 23.8 Å². The molecule has 0 spiro atoms. The lowest BCUT2D eigenvalue weighted by Crippen LogP contribution is -2.17. The Morgan fingerprint density at radius 2 is 2.18 bits per heavy atom. The highest BCUT2D eigenvalue weighted by atomic mass is 35.5. The fraction of sp³-hybridized carbons (Fsp3) is 0.364. The summed E-state index contributed by atoms with van der Waals surface area (Å²) in [6.45, 7) is 1.10. The number of alkyl halides is 1. The molecule has 6 rings (SSSR count). The Balaban J connectivity index is 1.41. The molecule has 11 heteroatoms. The molecule has 0 bridgehead atoms. The number of anilines is 1. The fourth-order valence-corrected chi connectivity index (χ4v) is 4.78. The lowest BCUT2D eigenvalue weighted by Gasteiger charge is -2.24. The number of hydrogen-bond donors (Lipinski definition) is 2. The normalized spacial score (nSPS) is 22.7. The number of hydrogen-bond acceptors (Lipinski definition) is 5. The second-order valence-electron chi connectivity index (χ2n) is 8.50. The van der Waals surface area contributed by atoms with Crippen molar-refractivity contribution in [1.29, 1.82) is 0 Å². The molecule has 1 unspecified atom stereocenters. The lowest BCUT2D eigenvalue weighted by molar-refractivity contribution is -0.117. The summed E-state index contributed by atoms with van der Waals surface area (Å²) in [6, 6.07) is 0. The molecule has 1 saturated carbocycles. The van der Waals surface area contributed by atoms with Gasteiger partial charge in [-0.05, 0) is 19.3 Å². The van der Waals surface area contributed by atoms with E-state index in [9.17, 15) is 9.18 Å². The number of carbonyl (C=O) groups is 1. The summed E-state index contributed by atoms with van der Waals surface area (Å²) in [5.41, 5.74) is 2.37. The average Bonchev–Trinajstić information content (AvgIpc) is 3.18. The van der Waals surface area contributed by atoms with E-state index in [1.165, 1.54) is 6.20 Å². The maximum Gasteiger partial charge on any atom is 0.231 e. The van der Waals surface area contributed by atoms with Gasteiger partial charge in [0.15, 0.2) is 11.5 Å². The quantitative estimate of drug-likeness (QED) is 0.462. The van der Waals surface area contributed by atoms with Crippen molar-refractivity contribution in [3.8, 4) is 11.3 Å². The van der Waals surface area contributed by atoms with Crippen molar-refractivity contribution in [1.82, 2.24) is 24.6 Å². The van der Waals surface area contributed by atoms with Crippen molar-refractivity contribution >= 4 is 39.9 Å². The summed E-state index contributed by atoms with van der Waals surface area (Å²) >= 11 is 6.55. The van der Waals surface area contributed by atoms with Gasteiger partial charge in [0.1, 0.15) is 12.0 Å². The fourth-order valence-electron chi connectivity index (χ4n) is 4.48. The number of imidazole rings is 1. The van der Waals surface area contributed by atoms with Crippen LogP contribution in [-0.2, 0) is 9.53 Å². The molecule has 0 radical (unpaired) electrons. The van der Waals surface area contributed by atoms with Crippen LogP contribution in [0.4, 0.5) is 14.6 Å². The number of ether oxygens (including phenoxy) is 1. The van der Waals surface area contributed by atoms with E-state index in [2.05, 4.69) is 25.5 Å². The first-order valence-electron chi connectivity index (χ1n) is 10.7.